The lowest BCUT2D eigenvalue weighted by Gasteiger charge is -2.27. The van der Waals surface area contributed by atoms with Crippen molar-refractivity contribution >= 4 is 59.1 Å². The van der Waals surface area contributed by atoms with Gasteiger partial charge in [0.1, 0.15) is 0 Å². The maximum Gasteiger partial charge on any atom is 0.336 e. The number of urea groups is 1. The number of hydrogen-bond donors (Lipinski definition) is 3. The molecule has 30 heavy (non-hydrogen) atoms. The van der Waals surface area contributed by atoms with E-state index in [1.54, 1.807) is 30.3 Å². The van der Waals surface area contributed by atoms with E-state index in [1.165, 1.54) is 11.2 Å². The van der Waals surface area contributed by atoms with E-state index in [1.807, 2.05) is 19.2 Å². The first-order chi connectivity index (χ1) is 14.2. The number of rotatable bonds is 5. The number of nitrogens with zero attached hydrogens (tertiary/aromatic N) is 3. The molecule has 1 aliphatic rings. The van der Waals surface area contributed by atoms with Gasteiger partial charge in [-0.25, -0.2) is 9.10 Å². The minimum absolute atomic E-state index is 0.158. The fourth-order valence-corrected chi connectivity index (χ4v) is 3.98. The summed E-state index contributed by atoms with van der Waals surface area (Å²) in [7, 11) is 4.16. The van der Waals surface area contributed by atoms with Crippen LogP contribution in [0.3, 0.4) is 0 Å². The first-order valence-corrected chi connectivity index (χ1v) is 10.4. The van der Waals surface area contributed by atoms with Crippen molar-refractivity contribution in [2.45, 2.75) is 19.4 Å². The standard InChI is InChI=1S/C21H26ClN5O2S/c1-14(28)23-15-4-7-17(8-5-15)27(30)21(29)24-16-6-9-20(19(22)12-16)26(3)18-10-11-25(2)13-18/h4-9,12,18,30H,10-11,13H2,1-3H3,(H,23,28)(H,24,29). The van der Waals surface area contributed by atoms with Gasteiger partial charge < -0.3 is 20.4 Å². The van der Waals surface area contributed by atoms with Crippen molar-refractivity contribution in [2.24, 2.45) is 0 Å². The summed E-state index contributed by atoms with van der Waals surface area (Å²) in [5, 5.41) is 6.06. The van der Waals surface area contributed by atoms with Crippen LogP contribution >= 0.6 is 24.4 Å². The van der Waals surface area contributed by atoms with E-state index in [-0.39, 0.29) is 5.91 Å². The number of amides is 3. The topological polar surface area (TPSA) is 67.9 Å². The third-order valence-electron chi connectivity index (χ3n) is 5.12. The maximum absolute atomic E-state index is 12.6. The summed E-state index contributed by atoms with van der Waals surface area (Å²) in [6.45, 7) is 3.51. The van der Waals surface area contributed by atoms with Gasteiger partial charge in [-0.15, -0.1) is 0 Å². The number of thiol groups is 1. The molecule has 160 valence electrons. The van der Waals surface area contributed by atoms with Gasteiger partial charge in [-0.2, -0.15) is 0 Å². The number of nitrogens with one attached hydrogen (secondary N) is 2. The molecule has 1 unspecified atom stereocenters. The number of likely N-dealkylation sites (tertiary alicyclic amines) is 1. The van der Waals surface area contributed by atoms with Gasteiger partial charge in [0, 0.05) is 37.9 Å². The SMILES string of the molecule is CC(=O)Nc1ccc(N(S)C(=O)Nc2ccc(N(C)C3CCN(C)C3)c(Cl)c2)cc1. The molecule has 2 N–H and O–H groups in total. The molecule has 2 aromatic rings. The quantitative estimate of drug-likeness (QED) is 0.597. The molecule has 3 rings (SSSR count). The Hall–Kier alpha value is -2.42. The van der Waals surface area contributed by atoms with E-state index < -0.39 is 6.03 Å². The van der Waals surface area contributed by atoms with E-state index in [0.29, 0.717) is 28.1 Å². The second-order valence-corrected chi connectivity index (χ2v) is 8.26. The van der Waals surface area contributed by atoms with Crippen LogP contribution in [0.5, 0.6) is 0 Å². The second kappa shape index (κ2) is 9.59. The normalized spacial score (nSPS) is 16.2. The molecule has 1 heterocycles. The molecule has 3 amide bonds. The van der Waals surface area contributed by atoms with E-state index in [9.17, 15) is 9.59 Å². The summed E-state index contributed by atoms with van der Waals surface area (Å²) in [5.41, 5.74) is 2.73. The molecule has 1 saturated heterocycles. The summed E-state index contributed by atoms with van der Waals surface area (Å²) in [6, 6.07) is 12.3. The number of carbonyl (C=O) groups excluding carboxylic acids is 2. The van der Waals surface area contributed by atoms with E-state index in [4.69, 9.17) is 11.6 Å². The van der Waals surface area contributed by atoms with Gasteiger partial charge >= 0.3 is 6.03 Å². The lowest BCUT2D eigenvalue weighted by Crippen LogP contribution is -2.33. The maximum atomic E-state index is 12.6. The van der Waals surface area contributed by atoms with E-state index >= 15 is 0 Å². The Morgan fingerprint density at radius 1 is 1.13 bits per heavy atom. The average molecular weight is 448 g/mol. The Morgan fingerprint density at radius 2 is 1.80 bits per heavy atom. The van der Waals surface area contributed by atoms with Gasteiger partial charge in [0.25, 0.3) is 0 Å². The third-order valence-corrected chi connectivity index (χ3v) is 5.83. The van der Waals surface area contributed by atoms with Crippen LogP contribution in [0.15, 0.2) is 42.5 Å². The number of benzene rings is 2. The van der Waals surface area contributed by atoms with Crippen molar-refractivity contribution in [3.63, 3.8) is 0 Å². The fourth-order valence-electron chi connectivity index (χ4n) is 3.48. The van der Waals surface area contributed by atoms with Crippen LogP contribution in [-0.2, 0) is 4.79 Å². The second-order valence-electron chi connectivity index (χ2n) is 7.45. The molecule has 9 heteroatoms. The molecular weight excluding hydrogens is 422 g/mol. The zero-order valence-electron chi connectivity index (χ0n) is 17.2. The monoisotopic (exact) mass is 447 g/mol. The third kappa shape index (κ3) is 5.38. The highest BCUT2D eigenvalue weighted by Gasteiger charge is 2.24. The Bertz CT molecular complexity index is 924. The summed E-state index contributed by atoms with van der Waals surface area (Å²) >= 11 is 10.8. The molecule has 0 aromatic heterocycles. The fraction of sp³-hybridized carbons (Fsp3) is 0.333. The van der Waals surface area contributed by atoms with Crippen molar-refractivity contribution < 1.29 is 9.59 Å². The van der Waals surface area contributed by atoms with Crippen molar-refractivity contribution in [3.05, 3.63) is 47.5 Å². The summed E-state index contributed by atoms with van der Waals surface area (Å²) < 4.78 is 1.19. The van der Waals surface area contributed by atoms with Gasteiger partial charge in [0.05, 0.1) is 16.4 Å². The molecule has 1 aliphatic heterocycles. The van der Waals surface area contributed by atoms with Crippen molar-refractivity contribution in [1.29, 1.82) is 0 Å². The molecular formula is C21H26ClN5O2S. The highest BCUT2D eigenvalue weighted by molar-refractivity contribution is 7.82. The Labute approximate surface area is 187 Å². The van der Waals surface area contributed by atoms with Gasteiger partial charge in [0.2, 0.25) is 5.91 Å². The van der Waals surface area contributed by atoms with Crippen LogP contribution in [0.25, 0.3) is 0 Å². The average Bonchev–Trinajstić information content (AvgIpc) is 3.13. The highest BCUT2D eigenvalue weighted by Crippen LogP contribution is 2.31. The number of anilines is 4. The number of carbonyl (C=O) groups is 2. The molecule has 1 fully saturated rings. The Morgan fingerprint density at radius 3 is 2.37 bits per heavy atom. The predicted molar refractivity (Wildman–Crippen MR) is 127 cm³/mol. The Balaban J connectivity index is 1.64. The van der Waals surface area contributed by atoms with Crippen molar-refractivity contribution in [1.82, 2.24) is 4.90 Å². The van der Waals surface area contributed by atoms with Crippen molar-refractivity contribution in [3.8, 4) is 0 Å². The molecule has 2 aromatic carbocycles. The largest absolute Gasteiger partial charge is 0.369 e. The van der Waals surface area contributed by atoms with Gasteiger partial charge in [-0.1, -0.05) is 24.4 Å². The molecule has 7 nitrogen and oxygen atoms in total. The minimum Gasteiger partial charge on any atom is -0.369 e. The van der Waals surface area contributed by atoms with Gasteiger partial charge in [-0.3, -0.25) is 4.79 Å². The Kier molecular flexibility index (Phi) is 7.12. The van der Waals surface area contributed by atoms with Gasteiger partial charge in [0.15, 0.2) is 0 Å². The lowest BCUT2D eigenvalue weighted by molar-refractivity contribution is -0.114. The first-order valence-electron chi connectivity index (χ1n) is 9.63. The molecule has 0 saturated carbocycles. The van der Waals surface area contributed by atoms with E-state index in [0.717, 1.165) is 25.2 Å². The summed E-state index contributed by atoms with van der Waals surface area (Å²) in [5.74, 6) is -0.158. The summed E-state index contributed by atoms with van der Waals surface area (Å²) in [4.78, 5) is 28.2. The minimum atomic E-state index is -0.416. The molecule has 0 aliphatic carbocycles. The summed E-state index contributed by atoms with van der Waals surface area (Å²) in [6.07, 6.45) is 1.09. The van der Waals surface area contributed by atoms with Crippen LogP contribution in [0.2, 0.25) is 5.02 Å². The molecule has 0 radical (unpaired) electrons. The first kappa shape index (κ1) is 22.3. The number of likely N-dealkylation sites (N-methyl/N-ethyl adjacent to an activating group) is 2. The molecule has 0 spiro atoms. The zero-order valence-corrected chi connectivity index (χ0v) is 18.9. The molecule has 0 bridgehead atoms. The van der Waals surface area contributed by atoms with Crippen LogP contribution < -0.4 is 19.8 Å². The van der Waals surface area contributed by atoms with Gasteiger partial charge in [-0.05, 0) is 62.5 Å². The number of hydrogen-bond acceptors (Lipinski definition) is 5. The highest BCUT2D eigenvalue weighted by atomic mass is 35.5. The lowest BCUT2D eigenvalue weighted by atomic mass is 10.2. The number of halogens is 1. The smallest absolute Gasteiger partial charge is 0.336 e. The van der Waals surface area contributed by atoms with Crippen LogP contribution in [0, 0.1) is 0 Å². The molecule has 1 atom stereocenters. The van der Waals surface area contributed by atoms with Crippen LogP contribution in [-0.4, -0.2) is 50.1 Å². The van der Waals surface area contributed by atoms with Crippen molar-refractivity contribution in [2.75, 3.05) is 47.0 Å². The van der Waals surface area contributed by atoms with Crippen LogP contribution in [0.1, 0.15) is 13.3 Å². The van der Waals surface area contributed by atoms with E-state index in [2.05, 4.69) is 40.3 Å². The zero-order chi connectivity index (χ0) is 21.8. The predicted octanol–water partition coefficient (Wildman–Crippen LogP) is 4.32. The van der Waals surface area contributed by atoms with Crippen LogP contribution in [0.4, 0.5) is 27.5 Å².